The van der Waals surface area contributed by atoms with E-state index in [0.717, 1.165) is 16.7 Å². The zero-order chi connectivity index (χ0) is 30.1. The van der Waals surface area contributed by atoms with Crippen molar-refractivity contribution in [2.24, 2.45) is 22.2 Å². The van der Waals surface area contributed by atoms with Gasteiger partial charge in [0.15, 0.2) is 5.96 Å². The van der Waals surface area contributed by atoms with Crippen LogP contribution in [0.15, 0.2) is 114 Å². The van der Waals surface area contributed by atoms with Gasteiger partial charge < -0.3 is 32.7 Å². The number of urea groups is 1. The predicted octanol–water partition coefficient (Wildman–Crippen LogP) is 3.41. The van der Waals surface area contributed by atoms with Crippen LogP contribution in [0.2, 0.25) is 0 Å². The molecule has 4 rings (SSSR count). The third kappa shape index (κ3) is 7.51. The standard InChI is InChI=1S/C32H33N7O3/c1-39(26-17-15-21(16-18-26)20-36-32(35)42)30(41)28(24-13-8-14-25(19-24)37-31(33)34)38-29(40)27(22-9-4-2-5-10-22)23-11-6-3-7-12-23/h2-19,27-28H,20H2,1H3,(H,38,40)(H4,33,34,37)(H3,35,36,42). The minimum Gasteiger partial charge on any atom is -0.370 e. The summed E-state index contributed by atoms with van der Waals surface area (Å²) >= 11 is 0. The number of rotatable bonds is 10. The molecule has 8 N–H and O–H groups in total. The van der Waals surface area contributed by atoms with Crippen molar-refractivity contribution in [3.8, 4) is 0 Å². The molecule has 1 atom stereocenters. The van der Waals surface area contributed by atoms with Gasteiger partial charge in [0.25, 0.3) is 5.91 Å². The van der Waals surface area contributed by atoms with Crippen LogP contribution >= 0.6 is 0 Å². The van der Waals surface area contributed by atoms with E-state index >= 15 is 0 Å². The van der Waals surface area contributed by atoms with E-state index in [0.29, 0.717) is 16.9 Å². The molecule has 10 heteroatoms. The zero-order valence-corrected chi connectivity index (χ0v) is 23.1. The van der Waals surface area contributed by atoms with Crippen molar-refractivity contribution in [2.75, 3.05) is 11.9 Å². The number of primary amides is 1. The van der Waals surface area contributed by atoms with E-state index < -0.39 is 18.0 Å². The lowest BCUT2D eigenvalue weighted by Gasteiger charge is -2.27. The topological polar surface area (TPSA) is 169 Å². The summed E-state index contributed by atoms with van der Waals surface area (Å²) in [5, 5.41) is 5.54. The maximum Gasteiger partial charge on any atom is 0.312 e. The van der Waals surface area contributed by atoms with Crippen LogP contribution in [0.3, 0.4) is 0 Å². The summed E-state index contributed by atoms with van der Waals surface area (Å²) < 4.78 is 0. The van der Waals surface area contributed by atoms with Gasteiger partial charge in [0, 0.05) is 19.3 Å². The van der Waals surface area contributed by atoms with Gasteiger partial charge in [0.1, 0.15) is 6.04 Å². The second kappa shape index (κ2) is 13.6. The Bertz CT molecular complexity index is 1510. The van der Waals surface area contributed by atoms with Crippen LogP contribution in [0.25, 0.3) is 0 Å². The average Bonchev–Trinajstić information content (AvgIpc) is 2.99. The number of likely N-dealkylation sites (N-methyl/N-ethyl adjacent to an activating group) is 1. The Morgan fingerprint density at radius 1 is 0.762 bits per heavy atom. The summed E-state index contributed by atoms with van der Waals surface area (Å²) in [5.74, 6) is -1.52. The third-order valence-electron chi connectivity index (χ3n) is 6.64. The number of carbonyl (C=O) groups is 3. The molecule has 0 heterocycles. The second-order valence-corrected chi connectivity index (χ2v) is 9.61. The SMILES string of the molecule is CN(C(=O)C(NC(=O)C(c1ccccc1)c1ccccc1)c1cccc(N=C(N)N)c1)c1ccc(CNC(N)=O)cc1. The molecule has 0 fully saturated rings. The summed E-state index contributed by atoms with van der Waals surface area (Å²) in [4.78, 5) is 44.7. The Balaban J connectivity index is 1.69. The lowest BCUT2D eigenvalue weighted by molar-refractivity contribution is -0.128. The molecule has 10 nitrogen and oxygen atoms in total. The number of amides is 4. The molecule has 0 radical (unpaired) electrons. The molecule has 42 heavy (non-hydrogen) atoms. The number of nitrogens with zero attached hydrogens (tertiary/aromatic N) is 2. The Morgan fingerprint density at radius 2 is 1.33 bits per heavy atom. The summed E-state index contributed by atoms with van der Waals surface area (Å²) in [7, 11) is 1.63. The molecule has 4 aromatic rings. The van der Waals surface area contributed by atoms with Crippen LogP contribution in [0.5, 0.6) is 0 Å². The van der Waals surface area contributed by atoms with E-state index in [4.69, 9.17) is 17.2 Å². The molecule has 0 saturated carbocycles. The lowest BCUT2D eigenvalue weighted by Crippen LogP contribution is -2.43. The van der Waals surface area contributed by atoms with E-state index in [2.05, 4.69) is 15.6 Å². The first-order chi connectivity index (χ1) is 20.2. The van der Waals surface area contributed by atoms with Crippen LogP contribution < -0.4 is 32.7 Å². The van der Waals surface area contributed by atoms with Crippen LogP contribution in [-0.4, -0.2) is 30.9 Å². The number of benzene rings is 4. The molecular formula is C32H33N7O3. The summed E-state index contributed by atoms with van der Waals surface area (Å²) in [6, 6.07) is 31.0. The Labute approximate surface area is 244 Å². The number of aliphatic imine (C=N–C) groups is 1. The molecule has 0 saturated heterocycles. The number of nitrogens with one attached hydrogen (secondary N) is 2. The largest absolute Gasteiger partial charge is 0.370 e. The van der Waals surface area contributed by atoms with Crippen molar-refractivity contribution < 1.29 is 14.4 Å². The van der Waals surface area contributed by atoms with Gasteiger partial charge >= 0.3 is 6.03 Å². The van der Waals surface area contributed by atoms with Gasteiger partial charge in [-0.1, -0.05) is 84.9 Å². The third-order valence-corrected chi connectivity index (χ3v) is 6.64. The van der Waals surface area contributed by atoms with Crippen molar-refractivity contribution in [3.63, 3.8) is 0 Å². The second-order valence-electron chi connectivity index (χ2n) is 9.61. The fraction of sp³-hybridized carbons (Fsp3) is 0.125. The number of nitrogens with two attached hydrogens (primary N) is 3. The highest BCUT2D eigenvalue weighted by Gasteiger charge is 2.31. The van der Waals surface area contributed by atoms with Crippen molar-refractivity contribution >= 4 is 35.2 Å². The van der Waals surface area contributed by atoms with Gasteiger partial charge in [0.05, 0.1) is 11.6 Å². The maximum atomic E-state index is 14.1. The van der Waals surface area contributed by atoms with Crippen LogP contribution in [0, 0.1) is 0 Å². The molecule has 0 aliphatic carbocycles. The van der Waals surface area contributed by atoms with Crippen molar-refractivity contribution in [1.29, 1.82) is 0 Å². The van der Waals surface area contributed by atoms with Crippen molar-refractivity contribution in [1.82, 2.24) is 10.6 Å². The van der Waals surface area contributed by atoms with Crippen LogP contribution in [-0.2, 0) is 16.1 Å². The van der Waals surface area contributed by atoms with Crippen molar-refractivity contribution in [3.05, 3.63) is 131 Å². The highest BCUT2D eigenvalue weighted by molar-refractivity contribution is 6.00. The van der Waals surface area contributed by atoms with Crippen LogP contribution in [0.4, 0.5) is 16.2 Å². The van der Waals surface area contributed by atoms with E-state index in [9.17, 15) is 14.4 Å². The molecule has 214 valence electrons. The Morgan fingerprint density at radius 3 is 1.88 bits per heavy atom. The fourth-order valence-corrected chi connectivity index (χ4v) is 4.57. The van der Waals surface area contributed by atoms with Gasteiger partial charge in [0.2, 0.25) is 5.91 Å². The maximum absolute atomic E-state index is 14.1. The molecule has 0 bridgehead atoms. The van der Waals surface area contributed by atoms with Gasteiger partial charge in [-0.15, -0.1) is 0 Å². The smallest absolute Gasteiger partial charge is 0.312 e. The van der Waals surface area contributed by atoms with Gasteiger partial charge in [-0.2, -0.15) is 0 Å². The molecule has 4 aromatic carbocycles. The average molecular weight is 564 g/mol. The van der Waals surface area contributed by atoms with Gasteiger partial charge in [-0.3, -0.25) is 9.59 Å². The number of guanidine groups is 1. The predicted molar refractivity (Wildman–Crippen MR) is 164 cm³/mol. The number of hydrogen-bond acceptors (Lipinski definition) is 4. The van der Waals surface area contributed by atoms with Gasteiger partial charge in [-0.05, 0) is 46.5 Å². The van der Waals surface area contributed by atoms with E-state index in [1.807, 2.05) is 60.7 Å². The summed E-state index contributed by atoms with van der Waals surface area (Å²) in [6.45, 7) is 0.254. The zero-order valence-electron chi connectivity index (χ0n) is 23.1. The fourth-order valence-electron chi connectivity index (χ4n) is 4.57. The van der Waals surface area contributed by atoms with Gasteiger partial charge in [-0.25, -0.2) is 9.79 Å². The van der Waals surface area contributed by atoms with E-state index in [-0.39, 0.29) is 24.3 Å². The molecular weight excluding hydrogens is 530 g/mol. The summed E-state index contributed by atoms with van der Waals surface area (Å²) in [6.07, 6.45) is 0. The first-order valence-electron chi connectivity index (χ1n) is 13.2. The molecule has 0 aromatic heterocycles. The van der Waals surface area contributed by atoms with E-state index in [1.54, 1.807) is 55.6 Å². The molecule has 0 aliphatic rings. The first-order valence-corrected chi connectivity index (χ1v) is 13.2. The minimum absolute atomic E-state index is 0.129. The highest BCUT2D eigenvalue weighted by atomic mass is 16.2. The number of carbonyl (C=O) groups excluding carboxylic acids is 3. The lowest BCUT2D eigenvalue weighted by atomic mass is 9.90. The molecule has 1 unspecified atom stereocenters. The first kappa shape index (κ1) is 29.3. The quantitative estimate of drug-likeness (QED) is 0.147. The highest BCUT2D eigenvalue weighted by Crippen LogP contribution is 2.29. The van der Waals surface area contributed by atoms with Crippen LogP contribution in [0.1, 0.15) is 34.2 Å². The molecule has 4 amide bonds. The monoisotopic (exact) mass is 563 g/mol. The summed E-state index contributed by atoms with van der Waals surface area (Å²) in [5.41, 5.74) is 20.2. The van der Waals surface area contributed by atoms with Crippen molar-refractivity contribution in [2.45, 2.75) is 18.5 Å². The molecule has 0 spiro atoms. The Kier molecular flexibility index (Phi) is 9.52. The number of anilines is 1. The molecule has 0 aliphatic heterocycles. The Hall–Kier alpha value is -5.64. The number of hydrogen-bond donors (Lipinski definition) is 5. The van der Waals surface area contributed by atoms with E-state index in [1.165, 1.54) is 4.90 Å². The minimum atomic E-state index is -1.07. The normalized spacial score (nSPS) is 11.3.